The van der Waals surface area contributed by atoms with Gasteiger partial charge in [0.05, 0.1) is 16.9 Å². The summed E-state index contributed by atoms with van der Waals surface area (Å²) >= 11 is 0. The van der Waals surface area contributed by atoms with Crippen molar-refractivity contribution in [1.29, 1.82) is 0 Å². The monoisotopic (exact) mass is 495 g/mol. The number of carbonyl (C=O) groups is 1. The molecule has 1 heterocycles. The Kier molecular flexibility index (Phi) is 6.09. The molecule has 9 heteroatoms. The van der Waals surface area contributed by atoms with Crippen molar-refractivity contribution >= 4 is 28.2 Å². The average molecular weight is 495 g/mol. The average Bonchev–Trinajstić information content (AvgIpc) is 2.88. The normalized spacial score (nSPS) is 10.7. The Bertz CT molecular complexity index is 1560. The van der Waals surface area contributed by atoms with Crippen molar-refractivity contribution in [3.63, 3.8) is 0 Å². The Morgan fingerprint density at radius 3 is 1.89 bits per heavy atom. The van der Waals surface area contributed by atoms with Crippen molar-refractivity contribution in [1.82, 2.24) is 4.98 Å². The third kappa shape index (κ3) is 5.15. The SMILES string of the molecule is Nc1ccc(Oc2cc(Oc3ccc(N)c(O)c3)cc(C(=O)Oc3cccc4cccnc34)c2)cc1O. The van der Waals surface area contributed by atoms with E-state index in [2.05, 4.69) is 4.98 Å². The Morgan fingerprint density at radius 2 is 1.30 bits per heavy atom. The number of aromatic nitrogens is 1. The third-order valence-corrected chi connectivity index (χ3v) is 5.39. The largest absolute Gasteiger partial charge is 0.506 e. The molecular weight excluding hydrogens is 474 g/mol. The number of phenols is 2. The highest BCUT2D eigenvalue weighted by atomic mass is 16.5. The molecule has 37 heavy (non-hydrogen) atoms. The van der Waals surface area contributed by atoms with Gasteiger partial charge in [0.25, 0.3) is 0 Å². The fourth-order valence-electron chi connectivity index (χ4n) is 3.57. The van der Waals surface area contributed by atoms with Gasteiger partial charge in [-0.1, -0.05) is 18.2 Å². The van der Waals surface area contributed by atoms with Crippen LogP contribution in [0.3, 0.4) is 0 Å². The summed E-state index contributed by atoms with van der Waals surface area (Å²) in [5.74, 6) is 0.347. The zero-order valence-electron chi connectivity index (χ0n) is 19.3. The number of hydrogen-bond acceptors (Lipinski definition) is 9. The van der Waals surface area contributed by atoms with Crippen LogP contribution in [-0.4, -0.2) is 21.2 Å². The number of phenolic OH excluding ortho intramolecular Hbond substituents is 2. The van der Waals surface area contributed by atoms with E-state index in [0.717, 1.165) is 5.39 Å². The summed E-state index contributed by atoms with van der Waals surface area (Å²) in [6.45, 7) is 0. The Hall–Kier alpha value is -5.44. The van der Waals surface area contributed by atoms with Crippen LogP contribution in [-0.2, 0) is 0 Å². The van der Waals surface area contributed by atoms with E-state index in [4.69, 9.17) is 25.7 Å². The summed E-state index contributed by atoms with van der Waals surface area (Å²) in [6, 6.07) is 22.2. The molecule has 1 aromatic heterocycles. The lowest BCUT2D eigenvalue weighted by Gasteiger charge is -2.13. The highest BCUT2D eigenvalue weighted by Gasteiger charge is 2.16. The molecule has 0 atom stereocenters. The van der Waals surface area contributed by atoms with E-state index in [0.29, 0.717) is 11.3 Å². The summed E-state index contributed by atoms with van der Waals surface area (Å²) in [4.78, 5) is 17.5. The fourth-order valence-corrected chi connectivity index (χ4v) is 3.57. The van der Waals surface area contributed by atoms with Crippen LogP contribution in [0.15, 0.2) is 91.1 Å². The van der Waals surface area contributed by atoms with Crippen LogP contribution in [0, 0.1) is 0 Å². The molecule has 6 N–H and O–H groups in total. The zero-order chi connectivity index (χ0) is 25.9. The maximum absolute atomic E-state index is 13.2. The van der Waals surface area contributed by atoms with E-state index >= 15 is 0 Å². The lowest BCUT2D eigenvalue weighted by Crippen LogP contribution is -2.09. The Labute approximate surface area is 211 Å². The summed E-state index contributed by atoms with van der Waals surface area (Å²) in [5.41, 5.74) is 12.4. The minimum Gasteiger partial charge on any atom is -0.506 e. The van der Waals surface area contributed by atoms with Crippen LogP contribution in [0.25, 0.3) is 10.9 Å². The first-order valence-corrected chi connectivity index (χ1v) is 11.1. The summed E-state index contributed by atoms with van der Waals surface area (Å²) in [6.07, 6.45) is 1.62. The first kappa shape index (κ1) is 23.3. The first-order valence-electron chi connectivity index (χ1n) is 11.1. The van der Waals surface area contributed by atoms with Crippen LogP contribution in [0.5, 0.6) is 40.2 Å². The quantitative estimate of drug-likeness (QED) is 0.102. The molecule has 0 unspecified atom stereocenters. The number of hydrogen-bond donors (Lipinski definition) is 4. The lowest BCUT2D eigenvalue weighted by atomic mass is 10.2. The van der Waals surface area contributed by atoms with Crippen LogP contribution >= 0.6 is 0 Å². The minimum absolute atomic E-state index is 0.125. The molecule has 0 bridgehead atoms. The van der Waals surface area contributed by atoms with Crippen molar-refractivity contribution in [2.24, 2.45) is 0 Å². The molecule has 9 nitrogen and oxygen atoms in total. The number of pyridine rings is 1. The van der Waals surface area contributed by atoms with Gasteiger partial charge in [-0.2, -0.15) is 0 Å². The van der Waals surface area contributed by atoms with Crippen molar-refractivity contribution < 1.29 is 29.2 Å². The third-order valence-electron chi connectivity index (χ3n) is 5.39. The van der Waals surface area contributed by atoms with E-state index in [1.807, 2.05) is 12.1 Å². The highest BCUT2D eigenvalue weighted by Crippen LogP contribution is 2.35. The van der Waals surface area contributed by atoms with E-state index < -0.39 is 5.97 Å². The molecule has 0 saturated heterocycles. The van der Waals surface area contributed by atoms with Gasteiger partial charge in [0.15, 0.2) is 5.75 Å². The second kappa shape index (κ2) is 9.67. The number of nitrogen functional groups attached to an aromatic ring is 2. The molecule has 4 aromatic carbocycles. The van der Waals surface area contributed by atoms with E-state index in [1.54, 1.807) is 36.5 Å². The van der Waals surface area contributed by atoms with Gasteiger partial charge in [-0.15, -0.1) is 0 Å². The second-order valence-corrected chi connectivity index (χ2v) is 8.06. The van der Waals surface area contributed by atoms with Gasteiger partial charge < -0.3 is 35.9 Å². The number of anilines is 2. The predicted octanol–water partition coefficient (Wildman–Crippen LogP) is 5.61. The number of nitrogens with two attached hydrogens (primary N) is 2. The van der Waals surface area contributed by atoms with Crippen molar-refractivity contribution in [2.75, 3.05) is 11.5 Å². The molecule has 0 spiro atoms. The predicted molar refractivity (Wildman–Crippen MR) is 138 cm³/mol. The van der Waals surface area contributed by atoms with Gasteiger partial charge in [-0.05, 0) is 48.5 Å². The smallest absolute Gasteiger partial charge is 0.343 e. The van der Waals surface area contributed by atoms with Crippen molar-refractivity contribution in [2.45, 2.75) is 0 Å². The Morgan fingerprint density at radius 1 is 0.703 bits per heavy atom. The molecule has 0 aliphatic rings. The molecular formula is C28H21N3O6. The molecule has 0 amide bonds. The Balaban J connectivity index is 1.50. The second-order valence-electron chi connectivity index (χ2n) is 8.06. The number of para-hydroxylation sites is 1. The molecule has 184 valence electrons. The summed E-state index contributed by atoms with van der Waals surface area (Å²) in [7, 11) is 0. The van der Waals surface area contributed by atoms with E-state index in [9.17, 15) is 15.0 Å². The number of esters is 1. The van der Waals surface area contributed by atoms with E-state index in [1.165, 1.54) is 42.5 Å². The van der Waals surface area contributed by atoms with Crippen LogP contribution in [0.4, 0.5) is 11.4 Å². The van der Waals surface area contributed by atoms with E-state index in [-0.39, 0.29) is 51.4 Å². The summed E-state index contributed by atoms with van der Waals surface area (Å²) < 4.78 is 17.4. The lowest BCUT2D eigenvalue weighted by molar-refractivity contribution is 0.0736. The fraction of sp³-hybridized carbons (Fsp3) is 0. The highest BCUT2D eigenvalue weighted by molar-refractivity contribution is 5.95. The number of fused-ring (bicyclic) bond motifs is 1. The topological polar surface area (TPSA) is 150 Å². The molecule has 0 radical (unpaired) electrons. The van der Waals surface area contributed by atoms with Gasteiger partial charge >= 0.3 is 5.97 Å². The van der Waals surface area contributed by atoms with Gasteiger partial charge in [0.2, 0.25) is 0 Å². The molecule has 5 rings (SSSR count). The van der Waals surface area contributed by atoms with Crippen molar-refractivity contribution in [3.8, 4) is 40.2 Å². The number of ether oxygens (including phenoxy) is 3. The number of benzene rings is 4. The minimum atomic E-state index is -0.672. The van der Waals surface area contributed by atoms with Crippen LogP contribution in [0.1, 0.15) is 10.4 Å². The molecule has 0 aliphatic carbocycles. The zero-order valence-corrected chi connectivity index (χ0v) is 19.3. The maximum Gasteiger partial charge on any atom is 0.343 e. The standard InChI is InChI=1S/C28H21N3O6/c29-22-8-6-18(14-24(22)32)35-20-11-17(12-21(13-20)36-19-7-9-23(30)25(33)15-19)28(34)37-26-5-1-3-16-4-2-10-31-27(16)26/h1-15,32-33H,29-30H2. The number of rotatable bonds is 6. The van der Waals surface area contributed by atoms with Crippen LogP contribution in [0.2, 0.25) is 0 Å². The van der Waals surface area contributed by atoms with Gasteiger partial charge in [-0.25, -0.2) is 4.79 Å². The number of carbonyl (C=O) groups excluding carboxylic acids is 1. The molecule has 0 aliphatic heterocycles. The van der Waals surface area contributed by atoms with Crippen molar-refractivity contribution in [3.05, 3.63) is 96.7 Å². The first-order chi connectivity index (χ1) is 17.9. The van der Waals surface area contributed by atoms with Gasteiger partial charge in [-0.3, -0.25) is 4.98 Å². The number of aromatic hydroxyl groups is 2. The van der Waals surface area contributed by atoms with Gasteiger partial charge in [0.1, 0.15) is 40.0 Å². The number of nitrogens with zero attached hydrogens (tertiary/aromatic N) is 1. The molecule has 0 saturated carbocycles. The molecule has 5 aromatic rings. The summed E-state index contributed by atoms with van der Waals surface area (Å²) in [5, 5.41) is 20.7. The van der Waals surface area contributed by atoms with Gasteiger partial charge in [0, 0.05) is 29.8 Å². The maximum atomic E-state index is 13.2. The molecule has 0 fully saturated rings. The van der Waals surface area contributed by atoms with Crippen LogP contribution < -0.4 is 25.7 Å².